The van der Waals surface area contributed by atoms with E-state index in [1.54, 1.807) is 0 Å². The van der Waals surface area contributed by atoms with Gasteiger partial charge in [0.25, 0.3) is 0 Å². The first-order chi connectivity index (χ1) is 10.2. The Kier molecular flexibility index (Phi) is 5.33. The predicted molar refractivity (Wildman–Crippen MR) is 85.6 cm³/mol. The van der Waals surface area contributed by atoms with Crippen LogP contribution in [-0.2, 0) is 0 Å². The van der Waals surface area contributed by atoms with Gasteiger partial charge in [-0.2, -0.15) is 10.4 Å². The Bertz CT molecular complexity index is 545. The maximum atomic E-state index is 9.23. The van der Waals surface area contributed by atoms with Gasteiger partial charge in [0, 0.05) is 13.1 Å². The summed E-state index contributed by atoms with van der Waals surface area (Å²) in [5, 5.41) is 21.5. The van der Waals surface area contributed by atoms with Crippen molar-refractivity contribution in [2.45, 2.75) is 32.6 Å². The lowest BCUT2D eigenvalue weighted by atomic mass is 10.2. The summed E-state index contributed by atoms with van der Waals surface area (Å²) in [7, 11) is 0. The molecule has 2 rings (SSSR count). The zero-order chi connectivity index (χ0) is 15.1. The highest BCUT2D eigenvalue weighted by molar-refractivity contribution is 6.46. The van der Waals surface area contributed by atoms with E-state index in [2.05, 4.69) is 10.5 Å². The third-order valence-electron chi connectivity index (χ3n) is 3.60. The first kappa shape index (κ1) is 15.0. The van der Waals surface area contributed by atoms with Crippen LogP contribution in [0.3, 0.4) is 0 Å². The zero-order valence-electron chi connectivity index (χ0n) is 12.4. The Hall–Kier alpha value is -2.35. The smallest absolute Gasteiger partial charge is 0.202 e. The molecule has 21 heavy (non-hydrogen) atoms. The highest BCUT2D eigenvalue weighted by atomic mass is 15.3. The summed E-state index contributed by atoms with van der Waals surface area (Å²) < 4.78 is 0. The lowest BCUT2D eigenvalue weighted by Crippen LogP contribution is -2.36. The SMILES string of the molecule is Cc1ccc(NN=C(C#N)C(=N)N2CCCCCC2)cc1. The van der Waals surface area contributed by atoms with Crippen molar-refractivity contribution in [1.82, 2.24) is 4.90 Å². The van der Waals surface area contributed by atoms with Crippen molar-refractivity contribution in [3.63, 3.8) is 0 Å². The molecule has 0 aliphatic carbocycles. The molecule has 1 heterocycles. The average molecular weight is 283 g/mol. The van der Waals surface area contributed by atoms with Crippen LogP contribution >= 0.6 is 0 Å². The van der Waals surface area contributed by atoms with Crippen LogP contribution in [0.4, 0.5) is 5.69 Å². The van der Waals surface area contributed by atoms with Crippen molar-refractivity contribution < 1.29 is 0 Å². The summed E-state index contributed by atoms with van der Waals surface area (Å²) in [5.74, 6) is 0.221. The van der Waals surface area contributed by atoms with Gasteiger partial charge in [-0.05, 0) is 31.9 Å². The standard InChI is InChI=1S/C16H21N5/c1-13-6-8-14(9-7-13)19-20-15(12-17)16(18)21-10-4-2-3-5-11-21/h6-9,18-19H,2-5,10-11H2,1H3. The molecule has 5 nitrogen and oxygen atoms in total. The van der Waals surface area contributed by atoms with E-state index in [-0.39, 0.29) is 11.5 Å². The van der Waals surface area contributed by atoms with Gasteiger partial charge in [-0.3, -0.25) is 10.8 Å². The Morgan fingerprint density at radius 2 is 1.81 bits per heavy atom. The third-order valence-corrected chi connectivity index (χ3v) is 3.60. The van der Waals surface area contributed by atoms with Crippen molar-refractivity contribution >= 4 is 17.2 Å². The molecule has 0 spiro atoms. The molecule has 1 aromatic rings. The Morgan fingerprint density at radius 1 is 1.19 bits per heavy atom. The van der Waals surface area contributed by atoms with Gasteiger partial charge in [-0.1, -0.05) is 30.5 Å². The topological polar surface area (TPSA) is 75.3 Å². The molecule has 5 heteroatoms. The fourth-order valence-electron chi connectivity index (χ4n) is 2.32. The second-order valence-electron chi connectivity index (χ2n) is 5.30. The monoisotopic (exact) mass is 283 g/mol. The molecule has 1 aliphatic heterocycles. The number of hydrogen-bond donors (Lipinski definition) is 2. The van der Waals surface area contributed by atoms with Crippen molar-refractivity contribution in [3.8, 4) is 6.07 Å². The van der Waals surface area contributed by atoms with Crippen LogP contribution in [0, 0.1) is 23.7 Å². The minimum atomic E-state index is 0.137. The van der Waals surface area contributed by atoms with Crippen LogP contribution in [0.1, 0.15) is 31.2 Å². The van der Waals surface area contributed by atoms with Gasteiger partial charge in [0.1, 0.15) is 6.07 Å². The second-order valence-corrected chi connectivity index (χ2v) is 5.30. The van der Waals surface area contributed by atoms with E-state index in [1.165, 1.54) is 18.4 Å². The van der Waals surface area contributed by atoms with Crippen molar-refractivity contribution in [2.24, 2.45) is 5.10 Å². The molecule has 0 bridgehead atoms. The van der Waals surface area contributed by atoms with E-state index in [0.717, 1.165) is 31.6 Å². The highest BCUT2D eigenvalue weighted by Gasteiger charge is 2.17. The first-order valence-corrected chi connectivity index (χ1v) is 7.35. The molecule has 0 amide bonds. The maximum absolute atomic E-state index is 9.23. The van der Waals surface area contributed by atoms with E-state index in [1.807, 2.05) is 42.2 Å². The fourth-order valence-corrected chi connectivity index (χ4v) is 2.32. The number of hydrogen-bond acceptors (Lipinski definition) is 4. The lowest BCUT2D eigenvalue weighted by molar-refractivity contribution is 0.438. The summed E-state index contributed by atoms with van der Waals surface area (Å²) in [6, 6.07) is 9.79. The number of rotatable bonds is 3. The van der Waals surface area contributed by atoms with Crippen LogP contribution in [0.2, 0.25) is 0 Å². The Morgan fingerprint density at radius 3 is 2.38 bits per heavy atom. The van der Waals surface area contributed by atoms with Gasteiger partial charge >= 0.3 is 0 Å². The normalized spacial score (nSPS) is 16.0. The van der Waals surface area contributed by atoms with E-state index < -0.39 is 0 Å². The van der Waals surface area contributed by atoms with Crippen LogP contribution in [-0.4, -0.2) is 29.5 Å². The molecule has 1 saturated heterocycles. The zero-order valence-corrected chi connectivity index (χ0v) is 12.4. The molecule has 1 fully saturated rings. The van der Waals surface area contributed by atoms with E-state index >= 15 is 0 Å². The molecular weight excluding hydrogens is 262 g/mol. The molecule has 110 valence electrons. The average Bonchev–Trinajstić information content (AvgIpc) is 2.78. The summed E-state index contributed by atoms with van der Waals surface area (Å²) in [4.78, 5) is 1.95. The van der Waals surface area contributed by atoms with Crippen molar-refractivity contribution in [3.05, 3.63) is 29.8 Å². The summed E-state index contributed by atoms with van der Waals surface area (Å²) in [5.41, 5.74) is 4.98. The van der Waals surface area contributed by atoms with Crippen LogP contribution < -0.4 is 5.43 Å². The van der Waals surface area contributed by atoms with Crippen LogP contribution in [0.15, 0.2) is 29.4 Å². The molecule has 0 atom stereocenters. The van der Waals surface area contributed by atoms with Crippen molar-refractivity contribution in [1.29, 1.82) is 10.7 Å². The summed E-state index contributed by atoms with van der Waals surface area (Å²) >= 11 is 0. The van der Waals surface area contributed by atoms with Crippen LogP contribution in [0.5, 0.6) is 0 Å². The van der Waals surface area contributed by atoms with E-state index in [9.17, 15) is 5.26 Å². The number of nitriles is 1. The molecule has 0 saturated carbocycles. The second kappa shape index (κ2) is 7.44. The number of anilines is 1. The Balaban J connectivity index is 2.03. The van der Waals surface area contributed by atoms with Gasteiger partial charge in [0.15, 0.2) is 5.84 Å². The van der Waals surface area contributed by atoms with Gasteiger partial charge in [0.05, 0.1) is 5.69 Å². The maximum Gasteiger partial charge on any atom is 0.202 e. The number of amidine groups is 1. The van der Waals surface area contributed by atoms with Gasteiger partial charge in [-0.25, -0.2) is 0 Å². The summed E-state index contributed by atoms with van der Waals surface area (Å²) in [6.07, 6.45) is 4.55. The Labute approximate surface area is 125 Å². The highest BCUT2D eigenvalue weighted by Crippen LogP contribution is 2.11. The lowest BCUT2D eigenvalue weighted by Gasteiger charge is -2.21. The number of nitrogens with zero attached hydrogens (tertiary/aromatic N) is 3. The minimum Gasteiger partial charge on any atom is -0.355 e. The van der Waals surface area contributed by atoms with E-state index in [0.29, 0.717) is 0 Å². The third kappa shape index (κ3) is 4.32. The number of aryl methyl sites for hydroxylation is 1. The van der Waals surface area contributed by atoms with Crippen LogP contribution in [0.25, 0.3) is 0 Å². The number of benzene rings is 1. The number of nitrogens with one attached hydrogen (secondary N) is 2. The minimum absolute atomic E-state index is 0.137. The molecule has 0 radical (unpaired) electrons. The fraction of sp³-hybridized carbons (Fsp3) is 0.438. The number of likely N-dealkylation sites (tertiary alicyclic amines) is 1. The van der Waals surface area contributed by atoms with Gasteiger partial charge < -0.3 is 4.90 Å². The molecule has 0 aromatic heterocycles. The van der Waals surface area contributed by atoms with E-state index in [4.69, 9.17) is 5.41 Å². The molecule has 0 unspecified atom stereocenters. The first-order valence-electron chi connectivity index (χ1n) is 7.35. The predicted octanol–water partition coefficient (Wildman–Crippen LogP) is 3.14. The van der Waals surface area contributed by atoms with Gasteiger partial charge in [0.2, 0.25) is 5.71 Å². The summed E-state index contributed by atoms with van der Waals surface area (Å²) in [6.45, 7) is 3.69. The van der Waals surface area contributed by atoms with Gasteiger partial charge in [-0.15, -0.1) is 0 Å². The molecular formula is C16H21N5. The van der Waals surface area contributed by atoms with Crippen molar-refractivity contribution in [2.75, 3.05) is 18.5 Å². The quantitative estimate of drug-likeness (QED) is 0.508. The number of hydrazone groups is 1. The molecule has 1 aromatic carbocycles. The largest absolute Gasteiger partial charge is 0.355 e. The molecule has 1 aliphatic rings. The molecule has 2 N–H and O–H groups in total.